The van der Waals surface area contributed by atoms with E-state index in [1.54, 1.807) is 0 Å². The monoisotopic (exact) mass is 221 g/mol. The third kappa shape index (κ3) is 13.5. The van der Waals surface area contributed by atoms with E-state index < -0.39 is 0 Å². The molecule has 0 aromatic rings. The van der Waals surface area contributed by atoms with Crippen molar-refractivity contribution in [3.8, 4) is 0 Å². The fourth-order valence-electron chi connectivity index (χ4n) is 1.71. The van der Waals surface area contributed by atoms with Crippen LogP contribution in [-0.2, 0) is 0 Å². The van der Waals surface area contributed by atoms with Crippen LogP contribution in [0.2, 0.25) is 0 Å². The minimum atomic E-state index is 1.11. The first kappa shape index (κ1) is 15.5. The molecule has 0 rings (SSSR count). The molecule has 0 aliphatic heterocycles. The maximum absolute atomic E-state index is 3.86. The molecule has 16 heavy (non-hydrogen) atoms. The lowest BCUT2D eigenvalue weighted by atomic mass is 10.1. The standard InChI is InChI=1S/C16H29/c1-3-5-7-9-11-13-15-16-14-12-10-8-6-4-2/h6,8,10,12H,1,3-5,7,9,11,13-16H2,2H3. The maximum Gasteiger partial charge on any atom is -0.0348 e. The van der Waals surface area contributed by atoms with Crippen LogP contribution in [0.3, 0.4) is 0 Å². The second-order valence-electron chi connectivity index (χ2n) is 4.38. The topological polar surface area (TPSA) is 0 Å². The van der Waals surface area contributed by atoms with Gasteiger partial charge >= 0.3 is 0 Å². The van der Waals surface area contributed by atoms with Gasteiger partial charge in [0.25, 0.3) is 0 Å². The predicted molar refractivity (Wildman–Crippen MR) is 75.5 cm³/mol. The molecule has 0 saturated heterocycles. The zero-order valence-corrected chi connectivity index (χ0v) is 11.1. The van der Waals surface area contributed by atoms with Gasteiger partial charge in [0.15, 0.2) is 0 Å². The van der Waals surface area contributed by atoms with Crippen molar-refractivity contribution in [1.29, 1.82) is 0 Å². The van der Waals surface area contributed by atoms with Crippen LogP contribution in [0.1, 0.15) is 71.1 Å². The zero-order chi connectivity index (χ0) is 11.9. The molecule has 1 radical (unpaired) electrons. The summed E-state index contributed by atoms with van der Waals surface area (Å²) in [4.78, 5) is 0. The average molecular weight is 221 g/mol. The third-order valence-corrected chi connectivity index (χ3v) is 2.74. The Labute approximate surface area is 103 Å². The van der Waals surface area contributed by atoms with Crippen LogP contribution < -0.4 is 0 Å². The van der Waals surface area contributed by atoms with Crippen LogP contribution in [0.4, 0.5) is 0 Å². The number of hydrogen-bond donors (Lipinski definition) is 0. The van der Waals surface area contributed by atoms with E-state index in [1.165, 1.54) is 51.4 Å². The highest BCUT2D eigenvalue weighted by atomic mass is 14.0. The van der Waals surface area contributed by atoms with E-state index in [-0.39, 0.29) is 0 Å². The second-order valence-corrected chi connectivity index (χ2v) is 4.38. The second kappa shape index (κ2) is 14.5. The Balaban J connectivity index is 3.03. The molecule has 0 nitrogen and oxygen atoms in total. The molecule has 0 fully saturated rings. The summed E-state index contributed by atoms with van der Waals surface area (Å²) in [6, 6.07) is 0. The van der Waals surface area contributed by atoms with Crippen molar-refractivity contribution in [2.24, 2.45) is 0 Å². The lowest BCUT2D eigenvalue weighted by Gasteiger charge is -1.99. The van der Waals surface area contributed by atoms with Gasteiger partial charge in [-0.3, -0.25) is 0 Å². The molecule has 0 aromatic carbocycles. The van der Waals surface area contributed by atoms with E-state index in [2.05, 4.69) is 38.2 Å². The fourth-order valence-corrected chi connectivity index (χ4v) is 1.71. The SMILES string of the molecule is [CH2]CCCCCCCCCC=CC=CCC. The molecular weight excluding hydrogens is 192 g/mol. The highest BCUT2D eigenvalue weighted by molar-refractivity contribution is 5.01. The summed E-state index contributed by atoms with van der Waals surface area (Å²) in [6.45, 7) is 6.03. The van der Waals surface area contributed by atoms with Crippen LogP contribution in [0, 0.1) is 6.92 Å². The Morgan fingerprint density at radius 3 is 1.94 bits per heavy atom. The molecule has 93 valence electrons. The van der Waals surface area contributed by atoms with Crippen molar-refractivity contribution in [2.45, 2.75) is 71.1 Å². The van der Waals surface area contributed by atoms with E-state index in [9.17, 15) is 0 Å². The van der Waals surface area contributed by atoms with Crippen molar-refractivity contribution < 1.29 is 0 Å². The van der Waals surface area contributed by atoms with Gasteiger partial charge < -0.3 is 0 Å². The highest BCUT2D eigenvalue weighted by Gasteiger charge is 1.89. The summed E-state index contributed by atoms with van der Waals surface area (Å²) in [6.07, 6.45) is 22.0. The first-order valence-corrected chi connectivity index (χ1v) is 7.02. The summed E-state index contributed by atoms with van der Waals surface area (Å²) in [5.41, 5.74) is 0. The molecule has 0 heterocycles. The van der Waals surface area contributed by atoms with Gasteiger partial charge in [0.05, 0.1) is 0 Å². The van der Waals surface area contributed by atoms with Crippen LogP contribution in [0.5, 0.6) is 0 Å². The van der Waals surface area contributed by atoms with E-state index in [4.69, 9.17) is 0 Å². The minimum absolute atomic E-state index is 1.11. The molecule has 0 spiro atoms. The summed E-state index contributed by atoms with van der Waals surface area (Å²) >= 11 is 0. The van der Waals surface area contributed by atoms with Gasteiger partial charge in [-0.25, -0.2) is 0 Å². The predicted octanol–water partition coefficient (Wildman–Crippen LogP) is 5.85. The lowest BCUT2D eigenvalue weighted by Crippen LogP contribution is -1.79. The van der Waals surface area contributed by atoms with Crippen molar-refractivity contribution >= 4 is 0 Å². The van der Waals surface area contributed by atoms with E-state index in [0.29, 0.717) is 0 Å². The van der Waals surface area contributed by atoms with Gasteiger partial charge in [-0.15, -0.1) is 0 Å². The summed E-state index contributed by atoms with van der Waals surface area (Å²) in [7, 11) is 0. The Hall–Kier alpha value is -0.520. The molecular formula is C16H29. The molecule has 0 N–H and O–H groups in total. The molecule has 0 aliphatic rings. The van der Waals surface area contributed by atoms with Crippen molar-refractivity contribution in [1.82, 2.24) is 0 Å². The van der Waals surface area contributed by atoms with Crippen molar-refractivity contribution in [3.05, 3.63) is 31.2 Å². The number of hydrogen-bond acceptors (Lipinski definition) is 0. The van der Waals surface area contributed by atoms with Gasteiger partial charge in [-0.2, -0.15) is 0 Å². The zero-order valence-electron chi connectivity index (χ0n) is 11.1. The smallest absolute Gasteiger partial charge is 0.0348 e. The molecule has 0 amide bonds. The van der Waals surface area contributed by atoms with Gasteiger partial charge in [0, 0.05) is 0 Å². The number of rotatable bonds is 11. The normalized spacial score (nSPS) is 11.9. The maximum atomic E-state index is 3.86. The molecule has 0 aromatic heterocycles. The van der Waals surface area contributed by atoms with Gasteiger partial charge in [0.2, 0.25) is 0 Å². The summed E-state index contributed by atoms with van der Waals surface area (Å²) in [5.74, 6) is 0. The number of allylic oxidation sites excluding steroid dienone is 4. The Morgan fingerprint density at radius 2 is 1.31 bits per heavy atom. The van der Waals surface area contributed by atoms with Crippen LogP contribution >= 0.6 is 0 Å². The molecule has 0 atom stereocenters. The van der Waals surface area contributed by atoms with Crippen molar-refractivity contribution in [3.63, 3.8) is 0 Å². The molecule has 0 unspecified atom stereocenters. The van der Waals surface area contributed by atoms with Crippen LogP contribution in [0.25, 0.3) is 0 Å². The average Bonchev–Trinajstić information content (AvgIpc) is 2.31. The van der Waals surface area contributed by atoms with Crippen molar-refractivity contribution in [2.75, 3.05) is 0 Å². The fraction of sp³-hybridized carbons (Fsp3) is 0.688. The molecule has 0 heteroatoms. The number of unbranched alkanes of at least 4 members (excludes halogenated alkanes) is 8. The first-order chi connectivity index (χ1) is 7.91. The first-order valence-electron chi connectivity index (χ1n) is 7.02. The van der Waals surface area contributed by atoms with Crippen LogP contribution in [-0.4, -0.2) is 0 Å². The highest BCUT2D eigenvalue weighted by Crippen LogP contribution is 2.09. The lowest BCUT2D eigenvalue weighted by molar-refractivity contribution is 0.583. The largest absolute Gasteiger partial charge is 0.0848 e. The molecule has 0 aliphatic carbocycles. The van der Waals surface area contributed by atoms with E-state index >= 15 is 0 Å². The van der Waals surface area contributed by atoms with Gasteiger partial charge in [-0.05, 0) is 19.3 Å². The Bertz CT molecular complexity index is 165. The van der Waals surface area contributed by atoms with E-state index in [1.807, 2.05) is 0 Å². The van der Waals surface area contributed by atoms with E-state index in [0.717, 1.165) is 12.8 Å². The minimum Gasteiger partial charge on any atom is -0.0848 e. The quantitative estimate of drug-likeness (QED) is 0.303. The third-order valence-electron chi connectivity index (χ3n) is 2.74. The summed E-state index contributed by atoms with van der Waals surface area (Å²) < 4.78 is 0. The molecule has 0 bridgehead atoms. The van der Waals surface area contributed by atoms with Gasteiger partial charge in [0.1, 0.15) is 0 Å². The van der Waals surface area contributed by atoms with Crippen LogP contribution in [0.15, 0.2) is 24.3 Å². The summed E-state index contributed by atoms with van der Waals surface area (Å²) in [5, 5.41) is 0. The Kier molecular flexibility index (Phi) is 14.0. The Morgan fingerprint density at radius 1 is 0.750 bits per heavy atom. The van der Waals surface area contributed by atoms with Gasteiger partial charge in [-0.1, -0.05) is 83.1 Å². The molecule has 0 saturated carbocycles.